The third-order valence-corrected chi connectivity index (χ3v) is 6.61. The van der Waals surface area contributed by atoms with Gasteiger partial charge in [0.15, 0.2) is 5.78 Å². The molecule has 0 aromatic heterocycles. The normalized spacial score (nSPS) is 18.9. The smallest absolute Gasteiger partial charge is 0.193 e. The Morgan fingerprint density at radius 3 is 1.43 bits per heavy atom. The van der Waals surface area contributed by atoms with E-state index in [1.54, 1.807) is 24.3 Å². The minimum atomic E-state index is -0.288. The fourth-order valence-electron chi connectivity index (χ4n) is 5.13. The standard InChI is InChI=1S/C25H28F2O/c26-19-11-13-21(23(15-19)17-7-3-1-4-8-17)25(28)22-14-12-20(27)16-24(22)18-9-5-2-6-10-18/h11-18H,1-10H2. The SMILES string of the molecule is O=C(c1ccc(F)cc1C1CCCCC1)c1ccc(F)cc1C1CCCCC1. The van der Waals surface area contributed by atoms with E-state index in [0.717, 1.165) is 62.5 Å². The Kier molecular flexibility index (Phi) is 5.89. The number of rotatable bonds is 4. The lowest BCUT2D eigenvalue weighted by Gasteiger charge is -2.26. The highest BCUT2D eigenvalue weighted by molar-refractivity contribution is 6.11. The quantitative estimate of drug-likeness (QED) is 0.507. The molecular formula is C25H28F2O. The molecule has 0 spiro atoms. The van der Waals surface area contributed by atoms with Gasteiger partial charge in [0.05, 0.1) is 0 Å². The molecule has 2 aliphatic carbocycles. The molecule has 3 heteroatoms. The molecule has 0 amide bonds. The Hall–Kier alpha value is -2.03. The van der Waals surface area contributed by atoms with Crippen molar-refractivity contribution in [2.75, 3.05) is 0 Å². The summed E-state index contributed by atoms with van der Waals surface area (Å²) in [5.41, 5.74) is 2.86. The summed E-state index contributed by atoms with van der Waals surface area (Å²) in [6.07, 6.45) is 10.9. The lowest BCUT2D eigenvalue weighted by atomic mass is 9.78. The number of carbonyl (C=O) groups is 1. The van der Waals surface area contributed by atoms with Crippen LogP contribution in [0.1, 0.15) is 103 Å². The summed E-state index contributed by atoms with van der Waals surface area (Å²) in [7, 11) is 0. The van der Waals surface area contributed by atoms with Crippen LogP contribution in [0.25, 0.3) is 0 Å². The summed E-state index contributed by atoms with van der Waals surface area (Å²) >= 11 is 0. The van der Waals surface area contributed by atoms with E-state index < -0.39 is 0 Å². The van der Waals surface area contributed by atoms with E-state index in [1.165, 1.54) is 25.0 Å². The van der Waals surface area contributed by atoms with Crippen LogP contribution in [0, 0.1) is 11.6 Å². The maximum atomic E-state index is 14.0. The lowest BCUT2D eigenvalue weighted by molar-refractivity contribution is 0.103. The van der Waals surface area contributed by atoms with Gasteiger partial charge in [0, 0.05) is 11.1 Å². The van der Waals surface area contributed by atoms with Gasteiger partial charge in [-0.15, -0.1) is 0 Å². The zero-order valence-electron chi connectivity index (χ0n) is 16.4. The molecule has 1 nitrogen and oxygen atoms in total. The van der Waals surface area contributed by atoms with Gasteiger partial charge in [-0.3, -0.25) is 4.79 Å². The molecule has 0 bridgehead atoms. The molecule has 2 fully saturated rings. The summed E-state index contributed by atoms with van der Waals surface area (Å²) in [5.74, 6) is -0.183. The van der Waals surface area contributed by atoms with Crippen LogP contribution in [0.4, 0.5) is 8.78 Å². The summed E-state index contributed by atoms with van der Waals surface area (Å²) in [5, 5.41) is 0. The molecule has 2 aliphatic rings. The number of hydrogen-bond donors (Lipinski definition) is 0. The van der Waals surface area contributed by atoms with Crippen molar-refractivity contribution in [2.24, 2.45) is 0 Å². The molecule has 0 N–H and O–H groups in total. The minimum absolute atomic E-state index is 0.0823. The monoisotopic (exact) mass is 382 g/mol. The molecule has 0 saturated heterocycles. The Bertz CT molecular complexity index is 776. The van der Waals surface area contributed by atoms with Crippen LogP contribution in [-0.4, -0.2) is 5.78 Å². The second-order valence-electron chi connectivity index (χ2n) is 8.46. The predicted octanol–water partition coefficient (Wildman–Crippen LogP) is 7.29. The van der Waals surface area contributed by atoms with Gasteiger partial charge in [-0.25, -0.2) is 8.78 Å². The molecule has 2 saturated carbocycles. The Labute approximate surface area is 166 Å². The maximum absolute atomic E-state index is 14.0. The molecule has 28 heavy (non-hydrogen) atoms. The Morgan fingerprint density at radius 1 is 0.643 bits per heavy atom. The van der Waals surface area contributed by atoms with E-state index in [-0.39, 0.29) is 29.3 Å². The molecule has 2 aromatic carbocycles. The average molecular weight is 382 g/mol. The van der Waals surface area contributed by atoms with Crippen LogP contribution in [-0.2, 0) is 0 Å². The zero-order chi connectivity index (χ0) is 19.5. The highest BCUT2D eigenvalue weighted by Gasteiger charge is 2.26. The van der Waals surface area contributed by atoms with E-state index >= 15 is 0 Å². The van der Waals surface area contributed by atoms with Crippen LogP contribution in [0.15, 0.2) is 36.4 Å². The third-order valence-electron chi connectivity index (χ3n) is 6.61. The van der Waals surface area contributed by atoms with Crippen LogP contribution in [0.2, 0.25) is 0 Å². The van der Waals surface area contributed by atoms with E-state index in [0.29, 0.717) is 11.1 Å². The second-order valence-corrected chi connectivity index (χ2v) is 8.46. The summed E-state index contributed by atoms with van der Waals surface area (Å²) < 4.78 is 28.1. The summed E-state index contributed by atoms with van der Waals surface area (Å²) in [6, 6.07) is 9.12. The molecule has 0 aliphatic heterocycles. The number of halogens is 2. The van der Waals surface area contributed by atoms with E-state index in [4.69, 9.17) is 0 Å². The van der Waals surface area contributed by atoms with Gasteiger partial charge >= 0.3 is 0 Å². The van der Waals surface area contributed by atoms with Gasteiger partial charge in [-0.05, 0) is 85.0 Å². The molecule has 0 heterocycles. The van der Waals surface area contributed by atoms with Gasteiger partial charge < -0.3 is 0 Å². The fourth-order valence-corrected chi connectivity index (χ4v) is 5.13. The van der Waals surface area contributed by atoms with E-state index in [9.17, 15) is 13.6 Å². The highest BCUT2D eigenvalue weighted by Crippen LogP contribution is 2.38. The van der Waals surface area contributed by atoms with Crippen molar-refractivity contribution in [1.29, 1.82) is 0 Å². The second kappa shape index (κ2) is 8.55. The number of carbonyl (C=O) groups excluding carboxylic acids is 1. The van der Waals surface area contributed by atoms with Gasteiger partial charge in [0.25, 0.3) is 0 Å². The molecule has 2 aromatic rings. The highest BCUT2D eigenvalue weighted by atomic mass is 19.1. The molecule has 0 unspecified atom stereocenters. The molecule has 148 valence electrons. The molecular weight excluding hydrogens is 354 g/mol. The third kappa shape index (κ3) is 4.04. The van der Waals surface area contributed by atoms with E-state index in [2.05, 4.69) is 0 Å². The topological polar surface area (TPSA) is 17.1 Å². The lowest BCUT2D eigenvalue weighted by Crippen LogP contribution is -2.16. The van der Waals surface area contributed by atoms with Gasteiger partial charge in [0.2, 0.25) is 0 Å². The average Bonchev–Trinajstić information content (AvgIpc) is 2.74. The Morgan fingerprint density at radius 2 is 1.04 bits per heavy atom. The van der Waals surface area contributed by atoms with Crippen LogP contribution >= 0.6 is 0 Å². The Balaban J connectivity index is 1.74. The number of ketones is 1. The largest absolute Gasteiger partial charge is 0.289 e. The van der Waals surface area contributed by atoms with Crippen LogP contribution in [0.3, 0.4) is 0 Å². The van der Waals surface area contributed by atoms with Crippen molar-refractivity contribution >= 4 is 5.78 Å². The molecule has 4 rings (SSSR count). The van der Waals surface area contributed by atoms with Crippen molar-refractivity contribution in [3.05, 3.63) is 70.3 Å². The fraction of sp³-hybridized carbons (Fsp3) is 0.480. The van der Waals surface area contributed by atoms with Crippen molar-refractivity contribution in [3.63, 3.8) is 0 Å². The zero-order valence-corrected chi connectivity index (χ0v) is 16.4. The van der Waals surface area contributed by atoms with Gasteiger partial charge in [0.1, 0.15) is 11.6 Å². The first-order valence-electron chi connectivity index (χ1n) is 10.8. The van der Waals surface area contributed by atoms with Gasteiger partial charge in [-0.1, -0.05) is 38.5 Å². The van der Waals surface area contributed by atoms with E-state index in [1.807, 2.05) is 0 Å². The first-order chi connectivity index (χ1) is 13.6. The first-order valence-corrected chi connectivity index (χ1v) is 10.8. The molecule has 0 radical (unpaired) electrons. The van der Waals surface area contributed by atoms with Crippen molar-refractivity contribution in [2.45, 2.75) is 76.0 Å². The number of benzene rings is 2. The number of hydrogen-bond acceptors (Lipinski definition) is 1. The van der Waals surface area contributed by atoms with Crippen LogP contribution < -0.4 is 0 Å². The van der Waals surface area contributed by atoms with Crippen LogP contribution in [0.5, 0.6) is 0 Å². The first kappa shape index (κ1) is 19.3. The molecule has 0 atom stereocenters. The summed E-state index contributed by atoms with van der Waals surface area (Å²) in [4.78, 5) is 13.6. The minimum Gasteiger partial charge on any atom is -0.289 e. The van der Waals surface area contributed by atoms with Gasteiger partial charge in [-0.2, -0.15) is 0 Å². The van der Waals surface area contributed by atoms with Crippen molar-refractivity contribution in [3.8, 4) is 0 Å². The van der Waals surface area contributed by atoms with Crippen molar-refractivity contribution in [1.82, 2.24) is 0 Å². The maximum Gasteiger partial charge on any atom is 0.193 e. The summed E-state index contributed by atoms with van der Waals surface area (Å²) in [6.45, 7) is 0. The predicted molar refractivity (Wildman–Crippen MR) is 108 cm³/mol. The van der Waals surface area contributed by atoms with Crippen molar-refractivity contribution < 1.29 is 13.6 Å².